The van der Waals surface area contributed by atoms with Crippen LogP contribution in [0.3, 0.4) is 0 Å². The van der Waals surface area contributed by atoms with E-state index < -0.39 is 24.2 Å². The molecule has 2 rings (SSSR count). The minimum Gasteiger partial charge on any atom is -0.508 e. The van der Waals surface area contributed by atoms with E-state index in [4.69, 9.17) is 0 Å². The maximum atomic E-state index is 9.86. The highest BCUT2D eigenvalue weighted by molar-refractivity contribution is 5.39. The fourth-order valence-corrected chi connectivity index (χ4v) is 2.46. The number of phenolic OH excluding ortho intramolecular Hbond substituents is 2. The van der Waals surface area contributed by atoms with Crippen LogP contribution in [-0.4, -0.2) is 43.8 Å². The number of phenols is 2. The molecule has 1 fully saturated rings. The lowest BCUT2D eigenvalue weighted by Crippen LogP contribution is -2.40. The van der Waals surface area contributed by atoms with Crippen molar-refractivity contribution in [2.75, 3.05) is 0 Å². The standard InChI is InChI=1S/C12H16O5/c13-7-1-6(2-8(14)3-7)12-10(16)4-9(15)5-11(12)17/h1-3,9-17H,4-5H2. The molecule has 5 N–H and O–H groups in total. The van der Waals surface area contributed by atoms with Crippen molar-refractivity contribution < 1.29 is 25.5 Å². The Morgan fingerprint density at radius 1 is 0.824 bits per heavy atom. The molecule has 94 valence electrons. The minimum atomic E-state index is -0.894. The molecule has 1 aromatic rings. The summed E-state index contributed by atoms with van der Waals surface area (Å²) in [7, 11) is 0. The summed E-state index contributed by atoms with van der Waals surface area (Å²) in [5, 5.41) is 47.9. The topological polar surface area (TPSA) is 101 Å². The molecule has 1 aromatic carbocycles. The van der Waals surface area contributed by atoms with Gasteiger partial charge in [0.25, 0.3) is 0 Å². The highest BCUT2D eigenvalue weighted by atomic mass is 16.3. The number of hydrogen-bond donors (Lipinski definition) is 5. The smallest absolute Gasteiger partial charge is 0.119 e. The lowest BCUT2D eigenvalue weighted by atomic mass is 9.78. The first kappa shape index (κ1) is 12.2. The van der Waals surface area contributed by atoms with Gasteiger partial charge in [-0.3, -0.25) is 0 Å². The van der Waals surface area contributed by atoms with Gasteiger partial charge in [0.2, 0.25) is 0 Å². The molecule has 0 bridgehead atoms. The molecule has 2 atom stereocenters. The predicted molar refractivity (Wildman–Crippen MR) is 59.8 cm³/mol. The molecule has 17 heavy (non-hydrogen) atoms. The summed E-state index contributed by atoms with van der Waals surface area (Å²) in [6.45, 7) is 0. The summed E-state index contributed by atoms with van der Waals surface area (Å²) in [4.78, 5) is 0. The molecule has 0 amide bonds. The summed E-state index contributed by atoms with van der Waals surface area (Å²) < 4.78 is 0. The van der Waals surface area contributed by atoms with Crippen LogP contribution in [0.5, 0.6) is 11.5 Å². The van der Waals surface area contributed by atoms with Gasteiger partial charge >= 0.3 is 0 Å². The molecule has 5 heteroatoms. The van der Waals surface area contributed by atoms with E-state index >= 15 is 0 Å². The molecular weight excluding hydrogens is 224 g/mol. The predicted octanol–water partition coefficient (Wildman–Crippen LogP) is 0.0579. The first-order chi connectivity index (χ1) is 7.97. The van der Waals surface area contributed by atoms with E-state index in [1.165, 1.54) is 18.2 Å². The molecule has 0 spiro atoms. The Morgan fingerprint density at radius 2 is 1.29 bits per heavy atom. The largest absolute Gasteiger partial charge is 0.508 e. The van der Waals surface area contributed by atoms with Crippen LogP contribution in [0.25, 0.3) is 0 Å². The van der Waals surface area contributed by atoms with Crippen molar-refractivity contribution in [1.82, 2.24) is 0 Å². The number of aliphatic hydroxyl groups is 3. The average Bonchev–Trinajstić information content (AvgIpc) is 2.13. The van der Waals surface area contributed by atoms with Crippen molar-refractivity contribution in [3.63, 3.8) is 0 Å². The SMILES string of the molecule is Oc1cc(O)cc(C2C(O)CC(O)CC2O)c1. The van der Waals surface area contributed by atoms with Crippen molar-refractivity contribution in [3.8, 4) is 11.5 Å². The van der Waals surface area contributed by atoms with Crippen LogP contribution < -0.4 is 0 Å². The quantitative estimate of drug-likeness (QED) is 0.478. The molecule has 1 saturated carbocycles. The molecule has 0 aromatic heterocycles. The molecular formula is C12H16O5. The molecule has 1 aliphatic carbocycles. The van der Waals surface area contributed by atoms with E-state index in [1.54, 1.807) is 0 Å². The van der Waals surface area contributed by atoms with E-state index in [0.29, 0.717) is 5.56 Å². The van der Waals surface area contributed by atoms with Gasteiger partial charge in [-0.25, -0.2) is 0 Å². The van der Waals surface area contributed by atoms with E-state index in [-0.39, 0.29) is 24.3 Å². The Bertz CT molecular complexity index is 374. The van der Waals surface area contributed by atoms with Gasteiger partial charge in [0.05, 0.1) is 18.3 Å². The summed E-state index contributed by atoms with van der Waals surface area (Å²) in [6.07, 6.45) is -2.15. The maximum absolute atomic E-state index is 9.86. The maximum Gasteiger partial charge on any atom is 0.119 e. The van der Waals surface area contributed by atoms with E-state index in [2.05, 4.69) is 0 Å². The van der Waals surface area contributed by atoms with Gasteiger partial charge in [0.1, 0.15) is 11.5 Å². The van der Waals surface area contributed by atoms with Crippen LogP contribution in [0.15, 0.2) is 18.2 Å². The van der Waals surface area contributed by atoms with Gasteiger partial charge in [-0.1, -0.05) is 0 Å². The third-order valence-corrected chi connectivity index (χ3v) is 3.17. The van der Waals surface area contributed by atoms with Gasteiger partial charge in [-0.15, -0.1) is 0 Å². The fraction of sp³-hybridized carbons (Fsp3) is 0.500. The Labute approximate surface area is 98.6 Å². The zero-order valence-corrected chi connectivity index (χ0v) is 9.19. The highest BCUT2D eigenvalue weighted by Crippen LogP contribution is 2.36. The second-order valence-corrected chi connectivity index (χ2v) is 4.57. The van der Waals surface area contributed by atoms with E-state index in [0.717, 1.165) is 0 Å². The van der Waals surface area contributed by atoms with Gasteiger partial charge in [0, 0.05) is 24.8 Å². The molecule has 0 radical (unpaired) electrons. The number of hydrogen-bond acceptors (Lipinski definition) is 5. The van der Waals surface area contributed by atoms with Crippen LogP contribution in [0.2, 0.25) is 0 Å². The Balaban J connectivity index is 2.31. The highest BCUT2D eigenvalue weighted by Gasteiger charge is 2.36. The number of rotatable bonds is 1. The molecule has 1 aliphatic rings. The van der Waals surface area contributed by atoms with Crippen molar-refractivity contribution in [2.24, 2.45) is 0 Å². The molecule has 2 unspecified atom stereocenters. The van der Waals surface area contributed by atoms with Gasteiger partial charge < -0.3 is 25.5 Å². The van der Waals surface area contributed by atoms with E-state index in [9.17, 15) is 25.5 Å². The second kappa shape index (κ2) is 4.52. The van der Waals surface area contributed by atoms with Crippen LogP contribution in [0.4, 0.5) is 0 Å². The Hall–Kier alpha value is -1.30. The zero-order valence-electron chi connectivity index (χ0n) is 9.19. The zero-order chi connectivity index (χ0) is 12.6. The summed E-state index contributed by atoms with van der Waals surface area (Å²) in [6, 6.07) is 3.98. The van der Waals surface area contributed by atoms with Crippen molar-refractivity contribution in [2.45, 2.75) is 37.1 Å². The second-order valence-electron chi connectivity index (χ2n) is 4.57. The fourth-order valence-electron chi connectivity index (χ4n) is 2.46. The Morgan fingerprint density at radius 3 is 1.76 bits per heavy atom. The normalized spacial score (nSPS) is 33.6. The number of benzene rings is 1. The molecule has 5 nitrogen and oxygen atoms in total. The first-order valence-electron chi connectivity index (χ1n) is 5.54. The van der Waals surface area contributed by atoms with Crippen LogP contribution >= 0.6 is 0 Å². The van der Waals surface area contributed by atoms with Crippen LogP contribution in [-0.2, 0) is 0 Å². The van der Waals surface area contributed by atoms with Gasteiger partial charge in [-0.05, 0) is 17.7 Å². The summed E-state index contributed by atoms with van der Waals surface area (Å²) in [5.41, 5.74) is 0.467. The van der Waals surface area contributed by atoms with Crippen LogP contribution in [0.1, 0.15) is 24.3 Å². The monoisotopic (exact) mass is 240 g/mol. The van der Waals surface area contributed by atoms with Crippen molar-refractivity contribution in [3.05, 3.63) is 23.8 Å². The van der Waals surface area contributed by atoms with Crippen molar-refractivity contribution in [1.29, 1.82) is 0 Å². The minimum absolute atomic E-state index is 0.120. The Kier molecular flexibility index (Phi) is 3.24. The average molecular weight is 240 g/mol. The molecule has 0 saturated heterocycles. The van der Waals surface area contributed by atoms with Crippen LogP contribution in [0, 0.1) is 0 Å². The molecule has 0 aliphatic heterocycles. The summed E-state index contributed by atoms with van der Waals surface area (Å²) >= 11 is 0. The third kappa shape index (κ3) is 2.52. The van der Waals surface area contributed by atoms with Gasteiger partial charge in [0.15, 0.2) is 0 Å². The lowest BCUT2D eigenvalue weighted by molar-refractivity contribution is -0.0435. The summed E-state index contributed by atoms with van der Waals surface area (Å²) in [5.74, 6) is -0.840. The lowest BCUT2D eigenvalue weighted by Gasteiger charge is -2.35. The number of aliphatic hydroxyl groups excluding tert-OH is 3. The third-order valence-electron chi connectivity index (χ3n) is 3.17. The number of aromatic hydroxyl groups is 2. The molecule has 0 heterocycles. The first-order valence-corrected chi connectivity index (χ1v) is 5.54. The van der Waals surface area contributed by atoms with Crippen molar-refractivity contribution >= 4 is 0 Å². The van der Waals surface area contributed by atoms with Gasteiger partial charge in [-0.2, -0.15) is 0 Å². The van der Waals surface area contributed by atoms with E-state index in [1.807, 2.05) is 0 Å².